The predicted octanol–water partition coefficient (Wildman–Crippen LogP) is 3.69. The van der Waals surface area contributed by atoms with Crippen molar-refractivity contribution < 1.29 is 9.90 Å². The van der Waals surface area contributed by atoms with Crippen LogP contribution in [0.1, 0.15) is 19.8 Å². The summed E-state index contributed by atoms with van der Waals surface area (Å²) >= 11 is 17.3. The Balaban J connectivity index is 2.70. The van der Waals surface area contributed by atoms with Gasteiger partial charge in [0, 0.05) is 5.71 Å². The maximum absolute atomic E-state index is 10.4. The number of hydrazone groups is 1. The van der Waals surface area contributed by atoms with E-state index in [9.17, 15) is 4.79 Å². The van der Waals surface area contributed by atoms with E-state index in [2.05, 4.69) is 15.5 Å². The minimum Gasteiger partial charge on any atom is -0.481 e. The lowest BCUT2D eigenvalue weighted by Crippen LogP contribution is -2.03. The Hall–Kier alpha value is -1.04. The normalized spacial score (nSPS) is 11.4. The van der Waals surface area contributed by atoms with Crippen molar-refractivity contribution in [2.75, 3.05) is 5.43 Å². The third-order valence-corrected chi connectivity index (χ3v) is 2.90. The van der Waals surface area contributed by atoms with Crippen LogP contribution in [0.15, 0.2) is 11.2 Å². The van der Waals surface area contributed by atoms with Crippen molar-refractivity contribution in [2.24, 2.45) is 5.10 Å². The zero-order chi connectivity index (χ0) is 13.7. The highest BCUT2D eigenvalue weighted by Gasteiger charge is 2.07. The van der Waals surface area contributed by atoms with Gasteiger partial charge in [0.1, 0.15) is 5.15 Å². The average molecular weight is 311 g/mol. The molecule has 0 spiro atoms. The lowest BCUT2D eigenvalue weighted by molar-refractivity contribution is -0.136. The van der Waals surface area contributed by atoms with Gasteiger partial charge in [-0.05, 0) is 19.4 Å². The van der Waals surface area contributed by atoms with Crippen molar-refractivity contribution in [1.29, 1.82) is 0 Å². The van der Waals surface area contributed by atoms with Crippen LogP contribution in [0, 0.1) is 0 Å². The molecule has 0 saturated carbocycles. The molecule has 0 saturated heterocycles. The molecule has 0 fully saturated rings. The van der Waals surface area contributed by atoms with E-state index in [-0.39, 0.29) is 27.4 Å². The molecule has 0 aliphatic rings. The molecule has 0 aromatic carbocycles. The topological polar surface area (TPSA) is 74.6 Å². The summed E-state index contributed by atoms with van der Waals surface area (Å²) in [6.45, 7) is 1.70. The highest BCUT2D eigenvalue weighted by atomic mass is 35.5. The number of anilines is 1. The maximum Gasteiger partial charge on any atom is 0.303 e. The van der Waals surface area contributed by atoms with Crippen LogP contribution in [0.25, 0.3) is 0 Å². The number of nitrogens with zero attached hydrogens (tertiary/aromatic N) is 2. The van der Waals surface area contributed by atoms with Crippen molar-refractivity contribution in [1.82, 2.24) is 4.98 Å². The summed E-state index contributed by atoms with van der Waals surface area (Å²) in [5.41, 5.74) is 3.23. The van der Waals surface area contributed by atoms with E-state index < -0.39 is 5.97 Å². The molecule has 1 aromatic rings. The van der Waals surface area contributed by atoms with E-state index in [4.69, 9.17) is 39.9 Å². The Labute approximate surface area is 119 Å². The summed E-state index contributed by atoms with van der Waals surface area (Å²) in [6, 6.07) is 1.45. The van der Waals surface area contributed by atoms with E-state index >= 15 is 0 Å². The van der Waals surface area contributed by atoms with Crippen LogP contribution in [0.5, 0.6) is 0 Å². The second kappa shape index (κ2) is 6.78. The number of pyridine rings is 1. The quantitative estimate of drug-likeness (QED) is 0.494. The maximum atomic E-state index is 10.4. The predicted molar refractivity (Wildman–Crippen MR) is 72.9 cm³/mol. The number of rotatable bonds is 5. The zero-order valence-corrected chi connectivity index (χ0v) is 11.6. The van der Waals surface area contributed by atoms with Crippen molar-refractivity contribution in [3.05, 3.63) is 21.3 Å². The lowest BCUT2D eigenvalue weighted by atomic mass is 10.2. The van der Waals surface area contributed by atoms with E-state index in [0.717, 1.165) is 0 Å². The monoisotopic (exact) mass is 309 g/mol. The Morgan fingerprint density at radius 1 is 1.39 bits per heavy atom. The van der Waals surface area contributed by atoms with Crippen LogP contribution in [-0.2, 0) is 4.79 Å². The van der Waals surface area contributed by atoms with E-state index in [0.29, 0.717) is 12.1 Å². The molecule has 0 unspecified atom stereocenters. The van der Waals surface area contributed by atoms with Gasteiger partial charge in [-0.2, -0.15) is 5.10 Å². The third kappa shape index (κ3) is 4.68. The van der Waals surface area contributed by atoms with Gasteiger partial charge in [-0.3, -0.25) is 10.2 Å². The standard InChI is InChI=1S/C10H10Cl3N3O2/c1-5(2-3-8(17)18)15-16-10-7(12)4-6(11)9(13)14-10/h4H,2-3H2,1H3,(H,14,16)(H,17,18)/b15-5+. The SMILES string of the molecule is C/C(CCC(=O)O)=N\Nc1nc(Cl)c(Cl)cc1Cl. The van der Waals surface area contributed by atoms with E-state index in [1.54, 1.807) is 6.92 Å². The summed E-state index contributed by atoms with van der Waals surface area (Å²) in [6.07, 6.45) is 0.348. The molecule has 0 aliphatic carbocycles. The number of carboxylic acid groups (broad SMARTS) is 1. The number of carbonyl (C=O) groups is 1. The Morgan fingerprint density at radius 3 is 2.67 bits per heavy atom. The molecule has 0 atom stereocenters. The highest BCUT2D eigenvalue weighted by molar-refractivity contribution is 6.42. The molecule has 98 valence electrons. The summed E-state index contributed by atoms with van der Waals surface area (Å²) < 4.78 is 0. The third-order valence-electron chi connectivity index (χ3n) is 1.94. The van der Waals surface area contributed by atoms with Crippen molar-refractivity contribution >= 4 is 52.3 Å². The summed E-state index contributed by atoms with van der Waals surface area (Å²) in [7, 11) is 0. The van der Waals surface area contributed by atoms with Crippen molar-refractivity contribution in [3.63, 3.8) is 0 Å². The average Bonchev–Trinajstić information content (AvgIpc) is 2.29. The first-order chi connectivity index (χ1) is 8.40. The van der Waals surface area contributed by atoms with Crippen LogP contribution in [0.3, 0.4) is 0 Å². The first kappa shape index (κ1) is 15.0. The fourth-order valence-corrected chi connectivity index (χ4v) is 1.55. The van der Waals surface area contributed by atoms with Crippen LogP contribution in [-0.4, -0.2) is 21.8 Å². The van der Waals surface area contributed by atoms with Gasteiger partial charge in [-0.25, -0.2) is 4.98 Å². The molecule has 2 N–H and O–H groups in total. The summed E-state index contributed by atoms with van der Waals surface area (Å²) in [4.78, 5) is 14.3. The molecule has 8 heteroatoms. The molecular formula is C10H10Cl3N3O2. The van der Waals surface area contributed by atoms with Gasteiger partial charge in [-0.15, -0.1) is 0 Å². The molecule has 0 radical (unpaired) electrons. The van der Waals surface area contributed by atoms with Gasteiger partial charge < -0.3 is 5.11 Å². The van der Waals surface area contributed by atoms with Gasteiger partial charge in [0.15, 0.2) is 5.82 Å². The number of aromatic nitrogens is 1. The molecule has 1 aromatic heterocycles. The highest BCUT2D eigenvalue weighted by Crippen LogP contribution is 2.28. The number of hydrogen-bond acceptors (Lipinski definition) is 4. The summed E-state index contributed by atoms with van der Waals surface area (Å²) in [5.74, 6) is -0.615. The lowest BCUT2D eigenvalue weighted by Gasteiger charge is -2.05. The van der Waals surface area contributed by atoms with Gasteiger partial charge in [0.2, 0.25) is 0 Å². The van der Waals surface area contributed by atoms with Gasteiger partial charge in [0.25, 0.3) is 0 Å². The second-order valence-corrected chi connectivity index (χ2v) is 4.62. The fraction of sp³-hybridized carbons (Fsp3) is 0.300. The van der Waals surface area contributed by atoms with E-state index in [1.807, 2.05) is 0 Å². The molecular weight excluding hydrogens is 300 g/mol. The molecule has 0 bridgehead atoms. The fourth-order valence-electron chi connectivity index (χ4n) is 1.01. The number of halogens is 3. The number of hydrogen-bond donors (Lipinski definition) is 2. The Morgan fingerprint density at radius 2 is 2.06 bits per heavy atom. The molecule has 5 nitrogen and oxygen atoms in total. The molecule has 0 aliphatic heterocycles. The molecule has 18 heavy (non-hydrogen) atoms. The smallest absolute Gasteiger partial charge is 0.303 e. The van der Waals surface area contributed by atoms with Crippen LogP contribution in [0.2, 0.25) is 15.2 Å². The number of aliphatic carboxylic acids is 1. The van der Waals surface area contributed by atoms with Gasteiger partial charge >= 0.3 is 5.97 Å². The van der Waals surface area contributed by atoms with Crippen molar-refractivity contribution in [2.45, 2.75) is 19.8 Å². The van der Waals surface area contributed by atoms with Crippen LogP contribution in [0.4, 0.5) is 5.82 Å². The second-order valence-electron chi connectivity index (χ2n) is 3.44. The molecule has 1 rings (SSSR count). The Bertz CT molecular complexity index is 492. The minimum atomic E-state index is -0.879. The molecule has 0 amide bonds. The van der Waals surface area contributed by atoms with Gasteiger partial charge in [-0.1, -0.05) is 34.8 Å². The first-order valence-electron chi connectivity index (χ1n) is 4.92. The molecule has 1 heterocycles. The minimum absolute atomic E-state index is 0.0134. The Kier molecular flexibility index (Phi) is 5.65. The van der Waals surface area contributed by atoms with Gasteiger partial charge in [0.05, 0.1) is 16.5 Å². The van der Waals surface area contributed by atoms with Crippen LogP contribution >= 0.6 is 34.8 Å². The largest absolute Gasteiger partial charge is 0.481 e. The number of nitrogens with one attached hydrogen (secondary N) is 1. The zero-order valence-electron chi connectivity index (χ0n) is 9.38. The first-order valence-corrected chi connectivity index (χ1v) is 6.06. The van der Waals surface area contributed by atoms with Crippen molar-refractivity contribution in [3.8, 4) is 0 Å². The number of carboxylic acids is 1. The van der Waals surface area contributed by atoms with E-state index in [1.165, 1.54) is 6.07 Å². The van der Waals surface area contributed by atoms with Crippen LogP contribution < -0.4 is 5.43 Å². The summed E-state index contributed by atoms with van der Waals surface area (Å²) in [5, 5.41) is 13.1.